The lowest BCUT2D eigenvalue weighted by Gasteiger charge is -2.27. The van der Waals surface area contributed by atoms with Crippen molar-refractivity contribution in [2.24, 2.45) is 5.92 Å². The lowest BCUT2D eigenvalue weighted by atomic mass is 10.1. The zero-order valence-electron chi connectivity index (χ0n) is 28.5. The van der Waals surface area contributed by atoms with Gasteiger partial charge in [0.2, 0.25) is 5.91 Å². The van der Waals surface area contributed by atoms with E-state index in [9.17, 15) is 9.59 Å². The highest BCUT2D eigenvalue weighted by molar-refractivity contribution is 6.06. The van der Waals surface area contributed by atoms with Gasteiger partial charge in [0.1, 0.15) is 17.1 Å². The molecule has 11 heteroatoms. The first-order valence-corrected chi connectivity index (χ1v) is 16.6. The lowest BCUT2D eigenvalue weighted by Crippen LogP contribution is -2.40. The van der Waals surface area contributed by atoms with Crippen LogP contribution in [-0.4, -0.2) is 89.3 Å². The number of likely N-dealkylation sites (N-methyl/N-ethyl adjacent to an activating group) is 1. The van der Waals surface area contributed by atoms with Crippen molar-refractivity contribution in [1.29, 1.82) is 0 Å². The zero-order valence-corrected chi connectivity index (χ0v) is 28.5. The van der Waals surface area contributed by atoms with Gasteiger partial charge in [-0.2, -0.15) is 0 Å². The van der Waals surface area contributed by atoms with E-state index in [1.54, 1.807) is 7.11 Å². The Labute approximate surface area is 278 Å². The Balaban J connectivity index is 1.48. The molecule has 0 radical (unpaired) electrons. The standard InChI is InChI=1S/C36H50N6O5/c1-6-40(7-2)23-32(43)41(22-27-13-12-14-28(21-27)46-25-33(44)47-24-26(3)4)18-10-11-19-42-31(17-20-45-5)39-34-35(42)29-15-8-9-16-30(29)38-36(34)37/h8-9,12-16,21,26H,6-7,10-11,17-20,22-25H2,1-5H3,(H2,37,38). The molecular formula is C36H50N6O5. The molecule has 4 rings (SSSR count). The van der Waals surface area contributed by atoms with Crippen LogP contribution < -0.4 is 10.5 Å². The molecule has 1 amide bonds. The number of hydrogen-bond acceptors (Lipinski definition) is 9. The first kappa shape index (κ1) is 35.6. The van der Waals surface area contributed by atoms with Crippen LogP contribution in [0.15, 0.2) is 48.5 Å². The first-order valence-electron chi connectivity index (χ1n) is 16.6. The van der Waals surface area contributed by atoms with Crippen LogP contribution in [0, 0.1) is 5.92 Å². The van der Waals surface area contributed by atoms with Gasteiger partial charge in [-0.1, -0.05) is 58.0 Å². The molecule has 2 heterocycles. The second kappa shape index (κ2) is 17.6. The Morgan fingerprint density at radius 3 is 2.55 bits per heavy atom. The second-order valence-electron chi connectivity index (χ2n) is 12.1. The predicted molar refractivity (Wildman–Crippen MR) is 185 cm³/mol. The third kappa shape index (κ3) is 9.89. The minimum atomic E-state index is -0.400. The van der Waals surface area contributed by atoms with E-state index in [0.717, 1.165) is 60.3 Å². The number of aromatic nitrogens is 3. The van der Waals surface area contributed by atoms with E-state index in [1.807, 2.05) is 61.2 Å². The number of rotatable bonds is 19. The first-order chi connectivity index (χ1) is 22.7. The van der Waals surface area contributed by atoms with Gasteiger partial charge in [0.05, 0.1) is 30.8 Å². The summed E-state index contributed by atoms with van der Waals surface area (Å²) < 4.78 is 18.6. The molecule has 0 saturated heterocycles. The Hall–Kier alpha value is -4.22. The minimum Gasteiger partial charge on any atom is -0.482 e. The third-order valence-electron chi connectivity index (χ3n) is 8.09. The van der Waals surface area contributed by atoms with Crippen LogP contribution >= 0.6 is 0 Å². The summed E-state index contributed by atoms with van der Waals surface area (Å²) in [6, 6.07) is 15.5. The molecular weight excluding hydrogens is 596 g/mol. The highest BCUT2D eigenvalue weighted by Crippen LogP contribution is 2.29. The summed E-state index contributed by atoms with van der Waals surface area (Å²) in [7, 11) is 1.69. The number of amides is 1. The molecule has 0 unspecified atom stereocenters. The molecule has 47 heavy (non-hydrogen) atoms. The molecule has 0 aliphatic carbocycles. The lowest BCUT2D eigenvalue weighted by molar-refractivity contribution is -0.147. The van der Waals surface area contributed by atoms with Gasteiger partial charge < -0.3 is 29.4 Å². The molecule has 2 aromatic heterocycles. The van der Waals surface area contributed by atoms with Crippen molar-refractivity contribution in [1.82, 2.24) is 24.3 Å². The van der Waals surface area contributed by atoms with E-state index < -0.39 is 5.97 Å². The van der Waals surface area contributed by atoms with Gasteiger partial charge in [-0.15, -0.1) is 0 Å². The number of esters is 1. The number of pyridine rings is 1. The number of carbonyl (C=O) groups excluding carboxylic acids is 2. The fourth-order valence-corrected chi connectivity index (χ4v) is 5.53. The van der Waals surface area contributed by atoms with Crippen molar-refractivity contribution in [2.45, 2.75) is 60.0 Å². The molecule has 0 fully saturated rings. The summed E-state index contributed by atoms with van der Waals surface area (Å²) in [6.07, 6.45) is 2.28. The predicted octanol–water partition coefficient (Wildman–Crippen LogP) is 5.08. The number of anilines is 1. The van der Waals surface area contributed by atoms with E-state index in [0.29, 0.717) is 56.4 Å². The van der Waals surface area contributed by atoms with Crippen molar-refractivity contribution in [2.75, 3.05) is 58.8 Å². The summed E-state index contributed by atoms with van der Waals surface area (Å²) in [4.78, 5) is 39.2. The van der Waals surface area contributed by atoms with Gasteiger partial charge in [-0.3, -0.25) is 9.69 Å². The van der Waals surface area contributed by atoms with Crippen LogP contribution in [0.3, 0.4) is 0 Å². The number of imidazole rings is 1. The maximum absolute atomic E-state index is 13.6. The fourth-order valence-electron chi connectivity index (χ4n) is 5.53. The van der Waals surface area contributed by atoms with E-state index >= 15 is 0 Å². The number of nitrogens with zero attached hydrogens (tertiary/aromatic N) is 5. The number of ether oxygens (including phenoxy) is 3. The summed E-state index contributed by atoms with van der Waals surface area (Å²) in [5.41, 5.74) is 9.83. The topological polar surface area (TPSA) is 125 Å². The Morgan fingerprint density at radius 2 is 1.81 bits per heavy atom. The molecule has 0 aliphatic heterocycles. The zero-order chi connectivity index (χ0) is 33.8. The number of para-hydroxylation sites is 1. The third-order valence-corrected chi connectivity index (χ3v) is 8.09. The van der Waals surface area contributed by atoms with Crippen molar-refractivity contribution in [3.05, 3.63) is 59.9 Å². The molecule has 0 saturated carbocycles. The molecule has 2 aromatic carbocycles. The van der Waals surface area contributed by atoms with Gasteiger partial charge in [-0.05, 0) is 55.6 Å². The summed E-state index contributed by atoms with van der Waals surface area (Å²) >= 11 is 0. The Kier molecular flexibility index (Phi) is 13.4. The highest BCUT2D eigenvalue weighted by atomic mass is 16.6. The number of aryl methyl sites for hydroxylation is 1. The minimum absolute atomic E-state index is 0.0796. The van der Waals surface area contributed by atoms with Gasteiger partial charge in [0.15, 0.2) is 12.4 Å². The van der Waals surface area contributed by atoms with Gasteiger partial charge >= 0.3 is 5.97 Å². The number of benzene rings is 2. The van der Waals surface area contributed by atoms with Crippen LogP contribution in [0.4, 0.5) is 5.82 Å². The fraction of sp³-hybridized carbons (Fsp3) is 0.500. The molecule has 4 aromatic rings. The molecule has 254 valence electrons. The highest BCUT2D eigenvalue weighted by Gasteiger charge is 2.19. The summed E-state index contributed by atoms with van der Waals surface area (Å²) in [5.74, 6) is 1.83. The smallest absolute Gasteiger partial charge is 0.344 e. The Morgan fingerprint density at radius 1 is 1.02 bits per heavy atom. The van der Waals surface area contributed by atoms with E-state index in [2.05, 4.69) is 34.4 Å². The van der Waals surface area contributed by atoms with Crippen LogP contribution in [0.1, 0.15) is 51.9 Å². The maximum atomic E-state index is 13.6. The van der Waals surface area contributed by atoms with Crippen LogP contribution in [0.2, 0.25) is 0 Å². The second-order valence-corrected chi connectivity index (χ2v) is 12.1. The van der Waals surface area contributed by atoms with Crippen molar-refractivity contribution in [3.63, 3.8) is 0 Å². The molecule has 0 atom stereocenters. The van der Waals surface area contributed by atoms with Gasteiger partial charge in [0.25, 0.3) is 0 Å². The van der Waals surface area contributed by atoms with Gasteiger partial charge in [0, 0.05) is 38.6 Å². The number of hydrogen-bond donors (Lipinski definition) is 1. The maximum Gasteiger partial charge on any atom is 0.344 e. The number of unbranched alkanes of at least 4 members (excludes halogenated alkanes) is 1. The van der Waals surface area contributed by atoms with Crippen LogP contribution in [0.5, 0.6) is 5.75 Å². The summed E-state index contributed by atoms with van der Waals surface area (Å²) in [5, 5.41) is 1.01. The average Bonchev–Trinajstić information content (AvgIpc) is 3.44. The largest absolute Gasteiger partial charge is 0.482 e. The number of methoxy groups -OCH3 is 1. The molecule has 0 aliphatic rings. The molecule has 0 bridgehead atoms. The number of nitrogens with two attached hydrogens (primary N) is 1. The SMILES string of the molecule is CCN(CC)CC(=O)N(CCCCn1c(CCOC)nc2c(N)nc3ccccc3c21)Cc1cccc(OCC(=O)OCC(C)C)c1. The number of carbonyl (C=O) groups is 2. The van der Waals surface area contributed by atoms with E-state index in [1.165, 1.54) is 0 Å². The number of fused-ring (bicyclic) bond motifs is 3. The van der Waals surface area contributed by atoms with E-state index in [4.69, 9.17) is 24.9 Å². The molecule has 0 spiro atoms. The summed E-state index contributed by atoms with van der Waals surface area (Å²) in [6.45, 7) is 12.6. The number of nitrogen functional groups attached to an aromatic ring is 1. The van der Waals surface area contributed by atoms with Crippen molar-refractivity contribution < 1.29 is 23.8 Å². The van der Waals surface area contributed by atoms with Gasteiger partial charge in [-0.25, -0.2) is 14.8 Å². The van der Waals surface area contributed by atoms with Crippen LogP contribution in [0.25, 0.3) is 21.9 Å². The average molecular weight is 647 g/mol. The molecule has 2 N–H and O–H groups in total. The van der Waals surface area contributed by atoms with Crippen molar-refractivity contribution >= 4 is 39.6 Å². The quantitative estimate of drug-likeness (QED) is 0.110. The normalized spacial score (nSPS) is 11.6. The molecule has 11 nitrogen and oxygen atoms in total. The Bertz CT molecular complexity index is 1620. The van der Waals surface area contributed by atoms with E-state index in [-0.39, 0.29) is 18.4 Å². The van der Waals surface area contributed by atoms with Crippen molar-refractivity contribution in [3.8, 4) is 5.75 Å². The monoisotopic (exact) mass is 646 g/mol. The van der Waals surface area contributed by atoms with Crippen LogP contribution in [-0.2, 0) is 38.6 Å².